The van der Waals surface area contributed by atoms with Gasteiger partial charge in [0.15, 0.2) is 0 Å². The first-order valence-corrected chi connectivity index (χ1v) is 15.9. The number of carbonyl (C=O) groups excluding carboxylic acids is 2. The summed E-state index contributed by atoms with van der Waals surface area (Å²) < 4.78 is 29.1. The normalized spacial score (nSPS) is 14.4. The summed E-state index contributed by atoms with van der Waals surface area (Å²) in [6.45, 7) is 5.14. The van der Waals surface area contributed by atoms with E-state index in [1.165, 1.54) is 17.0 Å². The molecule has 1 aliphatic carbocycles. The van der Waals surface area contributed by atoms with Crippen LogP contribution in [0.1, 0.15) is 49.3 Å². The molecular weight excluding hydrogens is 558 g/mol. The van der Waals surface area contributed by atoms with Crippen LogP contribution in [-0.2, 0) is 26.0 Å². The van der Waals surface area contributed by atoms with Gasteiger partial charge in [-0.3, -0.25) is 13.9 Å². The third-order valence-corrected chi connectivity index (χ3v) is 9.69. The minimum Gasteiger partial charge on any atom is -0.352 e. The van der Waals surface area contributed by atoms with E-state index >= 15 is 0 Å². The molecule has 1 N–H and O–H groups in total. The molecule has 9 heteroatoms. The third-order valence-electron chi connectivity index (χ3n) is 7.68. The quantitative estimate of drug-likeness (QED) is 0.309. The molecular formula is C32H38ClN3O4S. The van der Waals surface area contributed by atoms with Gasteiger partial charge in [-0.2, -0.15) is 0 Å². The zero-order valence-electron chi connectivity index (χ0n) is 23.8. The van der Waals surface area contributed by atoms with Gasteiger partial charge in [-0.1, -0.05) is 78.5 Å². The Morgan fingerprint density at radius 1 is 0.976 bits per heavy atom. The fourth-order valence-corrected chi connectivity index (χ4v) is 6.80. The molecule has 0 saturated heterocycles. The molecule has 0 radical (unpaired) electrons. The predicted molar refractivity (Wildman–Crippen MR) is 164 cm³/mol. The molecule has 218 valence electrons. The summed E-state index contributed by atoms with van der Waals surface area (Å²) in [6.07, 6.45) is 4.51. The number of nitrogens with zero attached hydrogens (tertiary/aromatic N) is 2. The monoisotopic (exact) mass is 595 g/mol. The lowest BCUT2D eigenvalue weighted by Gasteiger charge is -2.33. The molecule has 1 atom stereocenters. The first kappa shape index (κ1) is 30.6. The number of benzene rings is 3. The Hall–Kier alpha value is -3.36. The maximum absolute atomic E-state index is 14.1. The van der Waals surface area contributed by atoms with Gasteiger partial charge in [-0.15, -0.1) is 0 Å². The van der Waals surface area contributed by atoms with Crippen LogP contribution in [0.5, 0.6) is 0 Å². The van der Waals surface area contributed by atoms with Crippen molar-refractivity contribution in [2.75, 3.05) is 17.4 Å². The Morgan fingerprint density at radius 2 is 1.63 bits per heavy atom. The molecule has 4 rings (SSSR count). The van der Waals surface area contributed by atoms with Crippen molar-refractivity contribution in [1.82, 2.24) is 10.2 Å². The number of carbonyl (C=O) groups is 2. The number of hydrogen-bond acceptors (Lipinski definition) is 4. The standard InChI is InChI=1S/C32H38ClN3O4S/c1-23-13-17-29(18-14-23)41(39,40)36(30-21-27(33)16-15-24(30)2)22-31(37)35(20-19-26-9-5-4-6-10-26)25(3)32(38)34-28-11-7-8-12-28/h4-6,9-10,13-18,21,25,28H,7-8,11-12,19-20,22H2,1-3H3,(H,34,38). The molecule has 3 aromatic carbocycles. The molecule has 2 amide bonds. The molecule has 7 nitrogen and oxygen atoms in total. The second kappa shape index (κ2) is 13.5. The zero-order valence-corrected chi connectivity index (χ0v) is 25.4. The average Bonchev–Trinajstić information content (AvgIpc) is 3.47. The largest absolute Gasteiger partial charge is 0.352 e. The van der Waals surface area contributed by atoms with E-state index in [1.54, 1.807) is 44.2 Å². The zero-order chi connectivity index (χ0) is 29.6. The molecule has 1 aliphatic rings. The Kier molecular flexibility index (Phi) is 10.1. The molecule has 0 heterocycles. The number of rotatable bonds is 11. The smallest absolute Gasteiger partial charge is 0.264 e. The summed E-state index contributed by atoms with van der Waals surface area (Å²) >= 11 is 6.30. The van der Waals surface area contributed by atoms with Crippen molar-refractivity contribution in [2.45, 2.75) is 69.9 Å². The number of halogens is 1. The van der Waals surface area contributed by atoms with E-state index in [9.17, 15) is 18.0 Å². The van der Waals surface area contributed by atoms with Gasteiger partial charge in [-0.25, -0.2) is 8.42 Å². The molecule has 0 bridgehead atoms. The van der Waals surface area contributed by atoms with Crippen LogP contribution in [0.2, 0.25) is 5.02 Å². The van der Waals surface area contributed by atoms with E-state index in [0.717, 1.165) is 41.1 Å². The van der Waals surface area contributed by atoms with Crippen molar-refractivity contribution in [3.63, 3.8) is 0 Å². The molecule has 1 saturated carbocycles. The van der Waals surface area contributed by atoms with Crippen LogP contribution in [-0.4, -0.2) is 50.3 Å². The average molecular weight is 596 g/mol. The first-order chi connectivity index (χ1) is 19.6. The van der Waals surface area contributed by atoms with Gasteiger partial charge in [0, 0.05) is 17.6 Å². The number of hydrogen-bond donors (Lipinski definition) is 1. The molecule has 3 aromatic rings. The number of aryl methyl sites for hydroxylation is 2. The molecule has 0 aliphatic heterocycles. The summed E-state index contributed by atoms with van der Waals surface area (Å²) in [7, 11) is -4.14. The Balaban J connectivity index is 1.67. The van der Waals surface area contributed by atoms with Crippen LogP contribution in [0.25, 0.3) is 0 Å². The Morgan fingerprint density at radius 3 is 2.29 bits per heavy atom. The second-order valence-corrected chi connectivity index (χ2v) is 13.0. The van der Waals surface area contributed by atoms with Crippen LogP contribution >= 0.6 is 11.6 Å². The van der Waals surface area contributed by atoms with E-state index < -0.39 is 28.5 Å². The van der Waals surface area contributed by atoms with Crippen molar-refractivity contribution in [3.8, 4) is 0 Å². The summed E-state index contributed by atoms with van der Waals surface area (Å²) in [5.41, 5.74) is 2.90. The van der Waals surface area contributed by atoms with Crippen molar-refractivity contribution in [1.29, 1.82) is 0 Å². The molecule has 1 unspecified atom stereocenters. The van der Waals surface area contributed by atoms with Crippen molar-refractivity contribution < 1.29 is 18.0 Å². The fraction of sp³-hybridized carbons (Fsp3) is 0.375. The van der Waals surface area contributed by atoms with Gasteiger partial charge in [0.2, 0.25) is 11.8 Å². The van der Waals surface area contributed by atoms with E-state index in [0.29, 0.717) is 22.7 Å². The molecule has 41 heavy (non-hydrogen) atoms. The molecule has 0 aromatic heterocycles. The number of amides is 2. The highest BCUT2D eigenvalue weighted by Crippen LogP contribution is 2.30. The van der Waals surface area contributed by atoms with Crippen LogP contribution in [0.4, 0.5) is 5.69 Å². The van der Waals surface area contributed by atoms with Crippen LogP contribution < -0.4 is 9.62 Å². The highest BCUT2D eigenvalue weighted by Gasteiger charge is 2.33. The van der Waals surface area contributed by atoms with E-state index in [-0.39, 0.29) is 23.4 Å². The summed E-state index contributed by atoms with van der Waals surface area (Å²) in [5.74, 6) is -0.699. The minimum absolute atomic E-state index is 0.0677. The summed E-state index contributed by atoms with van der Waals surface area (Å²) in [4.78, 5) is 28.9. The lowest BCUT2D eigenvalue weighted by atomic mass is 10.1. The molecule has 1 fully saturated rings. The SMILES string of the molecule is Cc1ccc(S(=O)(=O)N(CC(=O)N(CCc2ccccc2)C(C)C(=O)NC2CCCC2)c2cc(Cl)ccc2C)cc1. The first-order valence-electron chi connectivity index (χ1n) is 14.1. The number of anilines is 1. The van der Waals surface area contributed by atoms with Crippen molar-refractivity contribution >= 4 is 39.1 Å². The van der Waals surface area contributed by atoms with E-state index in [4.69, 9.17) is 11.6 Å². The van der Waals surface area contributed by atoms with Gasteiger partial charge in [-0.05, 0) is 75.4 Å². The van der Waals surface area contributed by atoms with Gasteiger partial charge < -0.3 is 10.2 Å². The summed E-state index contributed by atoms with van der Waals surface area (Å²) in [6, 6.07) is 20.5. The maximum Gasteiger partial charge on any atom is 0.264 e. The number of sulfonamides is 1. The van der Waals surface area contributed by atoms with E-state index in [2.05, 4.69) is 5.32 Å². The van der Waals surface area contributed by atoms with Crippen LogP contribution in [0, 0.1) is 13.8 Å². The van der Waals surface area contributed by atoms with Crippen LogP contribution in [0.3, 0.4) is 0 Å². The van der Waals surface area contributed by atoms with Gasteiger partial charge in [0.25, 0.3) is 10.0 Å². The van der Waals surface area contributed by atoms with Gasteiger partial charge in [0.1, 0.15) is 12.6 Å². The lowest BCUT2D eigenvalue weighted by Crippen LogP contribution is -2.53. The van der Waals surface area contributed by atoms with Crippen molar-refractivity contribution in [3.05, 3.63) is 94.5 Å². The second-order valence-electron chi connectivity index (χ2n) is 10.7. The Labute approximate surface area is 248 Å². The van der Waals surface area contributed by atoms with Crippen molar-refractivity contribution in [2.24, 2.45) is 0 Å². The fourth-order valence-electron chi connectivity index (χ4n) is 5.16. The summed E-state index contributed by atoms with van der Waals surface area (Å²) in [5, 5.41) is 3.45. The Bertz CT molecular complexity index is 1460. The van der Waals surface area contributed by atoms with Gasteiger partial charge >= 0.3 is 0 Å². The van der Waals surface area contributed by atoms with Crippen LogP contribution in [0.15, 0.2) is 77.7 Å². The highest BCUT2D eigenvalue weighted by molar-refractivity contribution is 7.92. The number of nitrogens with one attached hydrogen (secondary N) is 1. The maximum atomic E-state index is 14.1. The minimum atomic E-state index is -4.14. The third kappa shape index (κ3) is 7.68. The highest BCUT2D eigenvalue weighted by atomic mass is 35.5. The topological polar surface area (TPSA) is 86.8 Å². The predicted octanol–water partition coefficient (Wildman–Crippen LogP) is 5.67. The molecule has 0 spiro atoms. The van der Waals surface area contributed by atoms with E-state index in [1.807, 2.05) is 37.3 Å². The van der Waals surface area contributed by atoms with Gasteiger partial charge in [0.05, 0.1) is 10.6 Å². The lowest BCUT2D eigenvalue weighted by molar-refractivity contribution is -0.139.